The summed E-state index contributed by atoms with van der Waals surface area (Å²) < 4.78 is 113. The fourth-order valence-corrected chi connectivity index (χ4v) is 12.3. The topological polar surface area (TPSA) is 577 Å². The monoisotopic (exact) mass is 1290 g/mol. The summed E-state index contributed by atoms with van der Waals surface area (Å²) in [7, 11) is -4.72. The maximum atomic E-state index is 13.5. The molecule has 0 amide bonds. The molecule has 0 spiro atoms. The van der Waals surface area contributed by atoms with Gasteiger partial charge in [-0.05, 0) is 19.1 Å². The normalized spacial score (nSPS) is 50.5. The predicted octanol–water partition coefficient (Wildman–Crippen LogP) is -13.5. The minimum Gasteiger partial charge on any atom is -0.394 e. The molecule has 22 rings (SSSR count). The van der Waals surface area contributed by atoms with E-state index >= 15 is 0 Å². The summed E-state index contributed by atoms with van der Waals surface area (Å²) in [5, 5.41) is 223. The Balaban J connectivity index is 1.02. The van der Waals surface area contributed by atoms with Gasteiger partial charge >= 0.3 is 0 Å². The molecule has 20 N–H and O–H groups in total. The quantitative estimate of drug-likeness (QED) is 0.0967. The molecule has 21 heterocycles. The summed E-state index contributed by atoms with van der Waals surface area (Å²) in [4.78, 5) is -0.376. The fraction of sp³-hybridized carbons (Fsp3) is 0.878. The number of hydrogen-bond acceptors (Lipinski definition) is 37. The van der Waals surface area contributed by atoms with Crippen LogP contribution in [0.4, 0.5) is 0 Å². The molecule has 21 fully saturated rings. The van der Waals surface area contributed by atoms with Crippen molar-refractivity contribution in [2.75, 3.05) is 46.2 Å². The Morgan fingerprint density at radius 2 is 0.483 bits per heavy atom. The number of ether oxygens (including phenoxy) is 14. The highest BCUT2D eigenvalue weighted by molar-refractivity contribution is 7.86. The number of aliphatic hydroxyl groups is 20. The van der Waals surface area contributed by atoms with Gasteiger partial charge in [-0.1, -0.05) is 17.7 Å². The van der Waals surface area contributed by atoms with Crippen LogP contribution in [-0.2, 0) is 80.6 Å². The molecule has 1 aromatic carbocycles. The average molecular weight is 1290 g/mol. The lowest BCUT2D eigenvalue weighted by Gasteiger charge is -2.50. The second kappa shape index (κ2) is 29.0. The van der Waals surface area contributed by atoms with Crippen molar-refractivity contribution in [3.63, 3.8) is 0 Å². The van der Waals surface area contributed by atoms with E-state index in [-0.39, 0.29) is 4.90 Å². The van der Waals surface area contributed by atoms with Gasteiger partial charge < -0.3 is 168 Å². The summed E-state index contributed by atoms with van der Waals surface area (Å²) in [6.45, 7) is -6.01. The van der Waals surface area contributed by atoms with Crippen molar-refractivity contribution < 1.29 is 181 Å². The summed E-state index contributed by atoms with van der Waals surface area (Å²) in [6.07, 6.45) is -72.9. The predicted molar refractivity (Wildman–Crippen MR) is 266 cm³/mol. The molecule has 0 saturated carbocycles. The Kier molecular flexibility index (Phi) is 23.0. The molecule has 38 heteroatoms. The van der Waals surface area contributed by atoms with E-state index in [4.69, 9.17) is 70.5 Å². The smallest absolute Gasteiger partial charge is 0.297 e. The number of aliphatic hydroxyl groups excluding tert-OH is 20. The molecule has 35 atom stereocenters. The lowest BCUT2D eigenvalue weighted by molar-refractivity contribution is -0.396. The molecule has 2 unspecified atom stereocenters. The van der Waals surface area contributed by atoms with Crippen LogP contribution in [0.3, 0.4) is 0 Å². The Bertz CT molecular complexity index is 2420. The molecule has 37 nitrogen and oxygen atoms in total. The van der Waals surface area contributed by atoms with Crippen LogP contribution in [0, 0.1) is 6.92 Å². The molecule has 21 aliphatic heterocycles. The van der Waals surface area contributed by atoms with E-state index < -0.39 is 271 Å². The van der Waals surface area contributed by atoms with E-state index in [0.717, 1.165) is 0 Å². The van der Waals surface area contributed by atoms with Crippen LogP contribution >= 0.6 is 0 Å². The first kappa shape index (κ1) is 69.1. The minimum atomic E-state index is -4.72. The van der Waals surface area contributed by atoms with Crippen LogP contribution < -0.4 is 0 Å². The molecule has 87 heavy (non-hydrogen) atoms. The molecule has 0 aromatic heterocycles. The zero-order chi connectivity index (χ0) is 63.2. The highest BCUT2D eigenvalue weighted by Gasteiger charge is 2.60. The largest absolute Gasteiger partial charge is 0.394 e. The van der Waals surface area contributed by atoms with Crippen LogP contribution in [0.1, 0.15) is 5.56 Å². The van der Waals surface area contributed by atoms with E-state index in [1.807, 2.05) is 0 Å². The van der Waals surface area contributed by atoms with Gasteiger partial charge in [0.15, 0.2) is 44.0 Å². The van der Waals surface area contributed by atoms with Gasteiger partial charge in [0.25, 0.3) is 10.1 Å². The Morgan fingerprint density at radius 3 is 0.678 bits per heavy atom. The van der Waals surface area contributed by atoms with Crippen molar-refractivity contribution in [3.8, 4) is 0 Å². The van der Waals surface area contributed by atoms with Crippen LogP contribution in [0.5, 0.6) is 0 Å². The van der Waals surface area contributed by atoms with Crippen LogP contribution in [0.25, 0.3) is 0 Å². The summed E-state index contributed by atoms with van der Waals surface area (Å²) in [6, 6.07) is 5.26. The number of benzene rings is 1. The zero-order valence-corrected chi connectivity index (χ0v) is 46.6. The first-order chi connectivity index (χ1) is 41.3. The summed E-state index contributed by atoms with van der Waals surface area (Å²) in [5.41, 5.74) is 0.657. The minimum absolute atomic E-state index is 0.376. The SMILES string of the molecule is Cc1ccc(S(=O)(=O)OCC2O[C@@H]3O[C@H]4[C@H](O)[C@@H](O)[C@@H](O[C@H]5[C@H](O)[C@@H](O)[C@@H](O[C@H]6[C@H](O)[C@@H](O)[C@@H](O[C@H]7[C@H](O)[C@@H](O)[C@@H](O[C@H]8[C@H](O)[C@@H](O)[C@@H](O[C@@H]9C(CO)O[C@H](O[C@H]2[C@H](O)[C@H]3O)[C@H](O)[C@H]9O)O[C@@H]8CO)O[C@@H]7CO)O[C@@H]6CO)O[C@@H]5CO)O[C@@H]4CO)cc1. The van der Waals surface area contributed by atoms with Gasteiger partial charge in [0.1, 0.15) is 171 Å². The summed E-state index contributed by atoms with van der Waals surface area (Å²) >= 11 is 0. The van der Waals surface area contributed by atoms with Crippen molar-refractivity contribution >= 4 is 10.1 Å². The van der Waals surface area contributed by atoms with Crippen molar-refractivity contribution in [2.24, 2.45) is 0 Å². The van der Waals surface area contributed by atoms with Crippen LogP contribution in [0.2, 0.25) is 0 Å². The maximum Gasteiger partial charge on any atom is 0.297 e. The van der Waals surface area contributed by atoms with Crippen molar-refractivity contribution in [1.82, 2.24) is 0 Å². The van der Waals surface area contributed by atoms with Gasteiger partial charge in [-0.25, -0.2) is 0 Å². The Morgan fingerprint density at radius 1 is 0.299 bits per heavy atom. The van der Waals surface area contributed by atoms with E-state index in [1.54, 1.807) is 6.92 Å². The number of hydrogen-bond donors (Lipinski definition) is 20. The van der Waals surface area contributed by atoms with Crippen LogP contribution in [-0.4, -0.2) is 372 Å². The molecule has 1 aromatic rings. The average Bonchev–Trinajstić information content (AvgIpc) is 1.18. The van der Waals surface area contributed by atoms with Gasteiger partial charge in [-0.3, -0.25) is 4.18 Å². The lowest BCUT2D eigenvalue weighted by Crippen LogP contribution is -2.68. The second-order valence-electron chi connectivity index (χ2n) is 22.0. The highest BCUT2D eigenvalue weighted by Crippen LogP contribution is 2.39. The Labute approximate surface area is 492 Å². The molecular weight excluding hydrogens is 1210 g/mol. The molecule has 0 aliphatic carbocycles. The number of aryl methyl sites for hydroxylation is 1. The third-order valence-electron chi connectivity index (χ3n) is 16.3. The van der Waals surface area contributed by atoms with E-state index in [1.165, 1.54) is 24.3 Å². The molecule has 14 bridgehead atoms. The molecule has 21 saturated heterocycles. The first-order valence-corrected chi connectivity index (χ1v) is 29.0. The fourth-order valence-electron chi connectivity index (χ4n) is 11.3. The molecule has 500 valence electrons. The van der Waals surface area contributed by atoms with Crippen LogP contribution in [0.15, 0.2) is 29.2 Å². The first-order valence-electron chi connectivity index (χ1n) is 27.6. The van der Waals surface area contributed by atoms with E-state index in [0.29, 0.717) is 5.56 Å². The number of rotatable bonds is 10. The van der Waals surface area contributed by atoms with Crippen molar-refractivity contribution in [2.45, 2.75) is 227 Å². The van der Waals surface area contributed by atoms with E-state index in [9.17, 15) is 111 Å². The van der Waals surface area contributed by atoms with Crippen molar-refractivity contribution in [1.29, 1.82) is 0 Å². The van der Waals surface area contributed by atoms with Gasteiger partial charge in [0.05, 0.1) is 51.1 Å². The van der Waals surface area contributed by atoms with Gasteiger partial charge in [-0.15, -0.1) is 0 Å². The molecular formula is C49H76O37S. The third-order valence-corrected chi connectivity index (χ3v) is 17.6. The summed E-state index contributed by atoms with van der Waals surface area (Å²) in [5.74, 6) is 0. The van der Waals surface area contributed by atoms with Gasteiger partial charge in [-0.2, -0.15) is 8.42 Å². The Hall–Kier alpha value is -2.23. The third kappa shape index (κ3) is 14.0. The maximum absolute atomic E-state index is 13.5. The van der Waals surface area contributed by atoms with Gasteiger partial charge in [0, 0.05) is 0 Å². The second-order valence-corrected chi connectivity index (χ2v) is 23.6. The molecule has 21 aliphatic rings. The van der Waals surface area contributed by atoms with Crippen molar-refractivity contribution in [3.05, 3.63) is 29.8 Å². The molecule has 0 radical (unpaired) electrons. The van der Waals surface area contributed by atoms with E-state index in [2.05, 4.69) is 0 Å². The highest BCUT2D eigenvalue weighted by atomic mass is 32.2. The zero-order valence-electron chi connectivity index (χ0n) is 45.8. The van der Waals surface area contributed by atoms with Gasteiger partial charge in [0.2, 0.25) is 0 Å². The lowest BCUT2D eigenvalue weighted by atomic mass is 9.95. The standard InChI is InChI=1S/C49H76O37S/c1-13-2-4-14(5-3-13)87(70,71)72-12-21-42-28(62)35(69)49(79-21)85-41-20(11-55)77-47(33(67)26(41)60)83-39-18(9-53)75-45(31(65)24(39)58)81-37-16(7-51)73-43(29(63)22(37)56)80-36-15(6-50)74-44(30(64)23(36)57)82-38-17(8-52)76-46(32(66)25(38)59)84-40-19(10-54)78-48(86-42)34(68)27(40)61/h2-5,15-69H,6-12H2,1H3/t15-,16-,17-,18-,19?,20-,21?,22-,23-,24-,25-,26-,27-,28-,29-,30-,31-,32-,33-,34-,35-,36-,37-,38-,39-,40-,41-,42-,43-,44-,45-,46-,47-,48-,49-/m1/s1.